The van der Waals surface area contributed by atoms with Crippen LogP contribution < -0.4 is 10.2 Å². The first-order valence-electron chi connectivity index (χ1n) is 6.73. The fourth-order valence-electron chi connectivity index (χ4n) is 2.66. The summed E-state index contributed by atoms with van der Waals surface area (Å²) in [5, 5.41) is 7.77. The molecule has 0 aromatic carbocycles. The van der Waals surface area contributed by atoms with E-state index in [-0.39, 0.29) is 11.9 Å². The lowest BCUT2D eigenvalue weighted by molar-refractivity contribution is -0.121. The predicted molar refractivity (Wildman–Crippen MR) is 69.5 cm³/mol. The van der Waals surface area contributed by atoms with Gasteiger partial charge in [0.1, 0.15) is 0 Å². The lowest BCUT2D eigenvalue weighted by Gasteiger charge is -2.32. The summed E-state index contributed by atoms with van der Waals surface area (Å²) in [5.74, 6) is 0.212. The number of rotatable bonds is 3. The fraction of sp³-hybridized carbons (Fsp3) is 0.692. The molecule has 0 spiro atoms. The van der Waals surface area contributed by atoms with Crippen LogP contribution in [0, 0.1) is 6.92 Å². The zero-order valence-electron chi connectivity index (χ0n) is 11.0. The molecule has 0 bridgehead atoms. The highest BCUT2D eigenvalue weighted by Crippen LogP contribution is 2.26. The normalized spacial score (nSPS) is 24.7. The summed E-state index contributed by atoms with van der Waals surface area (Å²) >= 11 is 0. The lowest BCUT2D eigenvalue weighted by Crippen LogP contribution is -2.51. The molecule has 98 valence electrons. The topological polar surface area (TPSA) is 50.2 Å². The zero-order valence-corrected chi connectivity index (χ0v) is 11.0. The first kappa shape index (κ1) is 11.7. The third kappa shape index (κ3) is 2.14. The van der Waals surface area contributed by atoms with Crippen molar-refractivity contribution in [2.75, 3.05) is 11.4 Å². The second-order valence-corrected chi connectivity index (χ2v) is 5.40. The van der Waals surface area contributed by atoms with Crippen LogP contribution in [0.15, 0.2) is 6.20 Å². The number of nitrogens with one attached hydrogen (secondary N) is 1. The van der Waals surface area contributed by atoms with E-state index in [0.29, 0.717) is 6.04 Å². The summed E-state index contributed by atoms with van der Waals surface area (Å²) < 4.78 is 1.77. The van der Waals surface area contributed by atoms with Gasteiger partial charge in [0, 0.05) is 25.8 Å². The number of piperidine rings is 1. The molecular weight excluding hydrogens is 228 g/mol. The molecule has 2 fully saturated rings. The Morgan fingerprint density at radius 3 is 2.78 bits per heavy atom. The van der Waals surface area contributed by atoms with Gasteiger partial charge in [-0.3, -0.25) is 9.48 Å². The number of hydrogen-bond acceptors (Lipinski definition) is 3. The molecule has 1 aliphatic carbocycles. The molecule has 1 saturated carbocycles. The summed E-state index contributed by atoms with van der Waals surface area (Å²) in [5.41, 5.74) is 1.89. The van der Waals surface area contributed by atoms with Crippen LogP contribution in [-0.2, 0) is 11.8 Å². The van der Waals surface area contributed by atoms with Crippen molar-refractivity contribution in [1.82, 2.24) is 15.1 Å². The molecule has 1 unspecified atom stereocenters. The van der Waals surface area contributed by atoms with Crippen molar-refractivity contribution in [1.29, 1.82) is 0 Å². The maximum atomic E-state index is 12.5. The Morgan fingerprint density at radius 2 is 2.17 bits per heavy atom. The maximum Gasteiger partial charge on any atom is 0.244 e. The quantitative estimate of drug-likeness (QED) is 0.867. The molecule has 1 amide bonds. The molecule has 2 heterocycles. The van der Waals surface area contributed by atoms with Crippen LogP contribution in [0.25, 0.3) is 0 Å². The van der Waals surface area contributed by atoms with E-state index in [1.807, 2.05) is 25.1 Å². The van der Waals surface area contributed by atoms with Crippen LogP contribution in [0.1, 0.15) is 31.4 Å². The number of hydrogen-bond donors (Lipinski definition) is 1. The average Bonchev–Trinajstić information content (AvgIpc) is 3.07. The van der Waals surface area contributed by atoms with Crippen LogP contribution in [0.3, 0.4) is 0 Å². The molecule has 1 saturated heterocycles. The van der Waals surface area contributed by atoms with Crippen molar-refractivity contribution in [2.45, 2.75) is 44.7 Å². The van der Waals surface area contributed by atoms with E-state index in [9.17, 15) is 4.79 Å². The lowest BCUT2D eigenvalue weighted by atomic mass is 10.0. The summed E-state index contributed by atoms with van der Waals surface area (Å²) in [6.07, 6.45) is 6.40. The first-order chi connectivity index (χ1) is 8.65. The molecule has 0 radical (unpaired) electrons. The number of carbonyl (C=O) groups excluding carboxylic acids is 1. The van der Waals surface area contributed by atoms with Gasteiger partial charge >= 0.3 is 0 Å². The van der Waals surface area contributed by atoms with Crippen molar-refractivity contribution >= 4 is 11.6 Å². The van der Waals surface area contributed by atoms with E-state index in [1.54, 1.807) is 4.68 Å². The summed E-state index contributed by atoms with van der Waals surface area (Å²) in [4.78, 5) is 14.4. The maximum absolute atomic E-state index is 12.5. The molecular formula is C13H20N4O. The van der Waals surface area contributed by atoms with E-state index in [1.165, 1.54) is 12.8 Å². The molecule has 1 aliphatic heterocycles. The fourth-order valence-corrected chi connectivity index (χ4v) is 2.66. The minimum Gasteiger partial charge on any atom is -0.308 e. The Kier molecular flexibility index (Phi) is 2.86. The molecule has 2 aliphatic rings. The zero-order chi connectivity index (χ0) is 12.7. The van der Waals surface area contributed by atoms with E-state index >= 15 is 0 Å². The Morgan fingerprint density at radius 1 is 1.39 bits per heavy atom. The Labute approximate surface area is 107 Å². The highest BCUT2D eigenvalue weighted by Gasteiger charge is 2.34. The van der Waals surface area contributed by atoms with Gasteiger partial charge in [0.15, 0.2) is 0 Å². The van der Waals surface area contributed by atoms with E-state index in [0.717, 1.165) is 30.8 Å². The third-order valence-corrected chi connectivity index (χ3v) is 3.73. The van der Waals surface area contributed by atoms with Gasteiger partial charge in [0.25, 0.3) is 0 Å². The summed E-state index contributed by atoms with van der Waals surface area (Å²) in [6.45, 7) is 2.77. The van der Waals surface area contributed by atoms with Gasteiger partial charge in [0.05, 0.1) is 17.4 Å². The van der Waals surface area contributed by atoms with Crippen molar-refractivity contribution in [3.8, 4) is 0 Å². The van der Waals surface area contributed by atoms with Crippen LogP contribution in [0.5, 0.6) is 0 Å². The minimum absolute atomic E-state index is 0.00542. The van der Waals surface area contributed by atoms with E-state index in [2.05, 4.69) is 10.4 Å². The summed E-state index contributed by atoms with van der Waals surface area (Å²) in [6, 6.07) is 0.583. The van der Waals surface area contributed by atoms with Crippen molar-refractivity contribution in [2.24, 2.45) is 7.05 Å². The van der Waals surface area contributed by atoms with Gasteiger partial charge in [-0.05, 0) is 32.6 Å². The van der Waals surface area contributed by atoms with Crippen molar-refractivity contribution < 1.29 is 4.79 Å². The molecule has 18 heavy (non-hydrogen) atoms. The molecule has 1 aromatic rings. The third-order valence-electron chi connectivity index (χ3n) is 3.73. The van der Waals surface area contributed by atoms with Crippen LogP contribution >= 0.6 is 0 Å². The monoisotopic (exact) mass is 248 g/mol. The number of aryl methyl sites for hydroxylation is 2. The largest absolute Gasteiger partial charge is 0.308 e. The second-order valence-electron chi connectivity index (χ2n) is 5.40. The molecule has 3 rings (SSSR count). The van der Waals surface area contributed by atoms with Gasteiger partial charge in [-0.2, -0.15) is 5.10 Å². The van der Waals surface area contributed by atoms with Gasteiger partial charge in [0.2, 0.25) is 5.91 Å². The number of aromatic nitrogens is 2. The molecule has 1 N–H and O–H groups in total. The molecule has 5 nitrogen and oxygen atoms in total. The second kappa shape index (κ2) is 4.39. The van der Waals surface area contributed by atoms with Gasteiger partial charge in [-0.25, -0.2) is 0 Å². The molecule has 1 atom stereocenters. The predicted octanol–water partition coefficient (Wildman–Crippen LogP) is 0.976. The van der Waals surface area contributed by atoms with Gasteiger partial charge in [-0.1, -0.05) is 0 Å². The number of anilines is 1. The standard InChI is InChI=1S/C13H20N4O/c1-9-12(8-16(2)15-9)17-7-3-4-11(13(17)18)14-10-5-6-10/h8,10-11,14H,3-7H2,1-2H3. The highest BCUT2D eigenvalue weighted by molar-refractivity contribution is 5.98. The number of amides is 1. The number of carbonyl (C=O) groups is 1. The van der Waals surface area contributed by atoms with E-state index in [4.69, 9.17) is 0 Å². The highest BCUT2D eigenvalue weighted by atomic mass is 16.2. The Bertz CT molecular complexity index is 464. The molecule has 5 heteroatoms. The summed E-state index contributed by atoms with van der Waals surface area (Å²) in [7, 11) is 1.89. The van der Waals surface area contributed by atoms with E-state index < -0.39 is 0 Å². The van der Waals surface area contributed by atoms with Crippen LogP contribution in [-0.4, -0.2) is 34.3 Å². The Balaban J connectivity index is 1.78. The van der Waals surface area contributed by atoms with Gasteiger partial charge in [-0.15, -0.1) is 0 Å². The van der Waals surface area contributed by atoms with Crippen molar-refractivity contribution in [3.63, 3.8) is 0 Å². The van der Waals surface area contributed by atoms with Crippen molar-refractivity contribution in [3.05, 3.63) is 11.9 Å². The molecule has 1 aromatic heterocycles. The smallest absolute Gasteiger partial charge is 0.244 e. The average molecular weight is 248 g/mol. The van der Waals surface area contributed by atoms with Crippen LogP contribution in [0.4, 0.5) is 5.69 Å². The number of nitrogens with zero attached hydrogens (tertiary/aromatic N) is 3. The minimum atomic E-state index is 0.00542. The first-order valence-corrected chi connectivity index (χ1v) is 6.73. The van der Waals surface area contributed by atoms with Gasteiger partial charge < -0.3 is 10.2 Å². The van der Waals surface area contributed by atoms with Crippen LogP contribution in [0.2, 0.25) is 0 Å². The SMILES string of the molecule is Cc1nn(C)cc1N1CCCC(NC2CC2)C1=O. The Hall–Kier alpha value is -1.36.